The molecule has 0 rings (SSSR count). The molecule has 0 radical (unpaired) electrons. The minimum absolute atomic E-state index is 0.0360. The van der Waals surface area contributed by atoms with Gasteiger partial charge in [-0.25, -0.2) is 0 Å². The van der Waals surface area contributed by atoms with E-state index in [9.17, 15) is 0 Å². The van der Waals surface area contributed by atoms with Crippen LogP contribution in [0.25, 0.3) is 0 Å². The lowest BCUT2D eigenvalue weighted by atomic mass is 10.1. The highest BCUT2D eigenvalue weighted by molar-refractivity contribution is 4.70. The van der Waals surface area contributed by atoms with E-state index in [0.717, 1.165) is 6.42 Å². The predicted molar refractivity (Wildman–Crippen MR) is 68.9 cm³/mol. The van der Waals surface area contributed by atoms with Crippen LogP contribution in [0.3, 0.4) is 0 Å². The second-order valence-corrected chi connectivity index (χ2v) is 3.75. The van der Waals surface area contributed by atoms with Crippen molar-refractivity contribution in [3.8, 4) is 0 Å². The minimum atomic E-state index is -1.17. The van der Waals surface area contributed by atoms with Gasteiger partial charge in [0.15, 0.2) is 12.6 Å². The Bertz CT molecular complexity index is 207. The summed E-state index contributed by atoms with van der Waals surface area (Å²) in [6.45, 7) is 9.70. The quantitative estimate of drug-likeness (QED) is 0.406. The van der Waals surface area contributed by atoms with Crippen molar-refractivity contribution in [1.82, 2.24) is 0 Å². The maximum absolute atomic E-state index is 9.15. The van der Waals surface area contributed by atoms with Crippen molar-refractivity contribution in [2.45, 2.75) is 25.9 Å². The smallest absolute Gasteiger partial charge is 0.177 e. The van der Waals surface area contributed by atoms with E-state index in [0.29, 0.717) is 13.2 Å². The van der Waals surface area contributed by atoms with Crippen molar-refractivity contribution < 1.29 is 24.4 Å². The van der Waals surface area contributed by atoms with E-state index in [4.69, 9.17) is 24.4 Å². The molecule has 0 aromatic heterocycles. The molecule has 5 nitrogen and oxygen atoms in total. The van der Waals surface area contributed by atoms with Crippen LogP contribution in [0.4, 0.5) is 0 Å². The fourth-order valence-corrected chi connectivity index (χ4v) is 1.32. The third-order valence-electron chi connectivity index (χ3n) is 2.32. The molecule has 0 bridgehead atoms. The van der Waals surface area contributed by atoms with Crippen LogP contribution in [-0.2, 0) is 14.2 Å². The van der Waals surface area contributed by atoms with E-state index in [1.165, 1.54) is 0 Å². The van der Waals surface area contributed by atoms with Gasteiger partial charge in [-0.15, -0.1) is 13.2 Å². The van der Waals surface area contributed by atoms with Gasteiger partial charge in [-0.05, 0) is 6.42 Å². The molecule has 0 aliphatic heterocycles. The Balaban J connectivity index is 4.28. The third kappa shape index (κ3) is 7.58. The highest BCUT2D eigenvalue weighted by Gasteiger charge is 2.22. The van der Waals surface area contributed by atoms with Crippen molar-refractivity contribution >= 4 is 0 Å². The van der Waals surface area contributed by atoms with E-state index in [-0.39, 0.29) is 12.5 Å². The molecule has 2 unspecified atom stereocenters. The van der Waals surface area contributed by atoms with Crippen LogP contribution >= 0.6 is 0 Å². The van der Waals surface area contributed by atoms with E-state index in [1.54, 1.807) is 12.2 Å². The average molecular weight is 260 g/mol. The Hall–Kier alpha value is -0.720. The van der Waals surface area contributed by atoms with Gasteiger partial charge < -0.3 is 24.4 Å². The van der Waals surface area contributed by atoms with Gasteiger partial charge in [0.1, 0.15) is 0 Å². The molecule has 0 amide bonds. The molecule has 0 fully saturated rings. The number of aliphatic hydroxyl groups is 2. The van der Waals surface area contributed by atoms with Crippen molar-refractivity contribution in [3.05, 3.63) is 25.3 Å². The molecule has 0 spiro atoms. The Kier molecular flexibility index (Phi) is 10.9. The van der Waals surface area contributed by atoms with Gasteiger partial charge in [0.05, 0.1) is 26.4 Å². The summed E-state index contributed by atoms with van der Waals surface area (Å²) in [5, 5.41) is 17.8. The van der Waals surface area contributed by atoms with Gasteiger partial charge in [0.2, 0.25) is 0 Å². The van der Waals surface area contributed by atoms with Crippen LogP contribution < -0.4 is 0 Å². The molecule has 106 valence electrons. The highest BCUT2D eigenvalue weighted by Crippen LogP contribution is 2.15. The van der Waals surface area contributed by atoms with Gasteiger partial charge in [-0.3, -0.25) is 0 Å². The lowest BCUT2D eigenvalue weighted by Crippen LogP contribution is -2.32. The van der Waals surface area contributed by atoms with E-state index < -0.39 is 19.2 Å². The first kappa shape index (κ1) is 17.3. The lowest BCUT2D eigenvalue weighted by molar-refractivity contribution is -0.194. The number of ether oxygens (including phenoxy) is 3. The van der Waals surface area contributed by atoms with Crippen LogP contribution in [0.15, 0.2) is 25.3 Å². The summed E-state index contributed by atoms with van der Waals surface area (Å²) in [5.41, 5.74) is 0. The predicted octanol–water partition coefficient (Wildman–Crippen LogP) is 1.07. The summed E-state index contributed by atoms with van der Waals surface area (Å²) < 4.78 is 16.1. The SMILES string of the molecule is C=CCOC(OCC=C)C(CC)COC(O)CO. The van der Waals surface area contributed by atoms with E-state index >= 15 is 0 Å². The molecule has 5 heteroatoms. The summed E-state index contributed by atoms with van der Waals surface area (Å²) in [4.78, 5) is 0. The second kappa shape index (κ2) is 11.4. The molecule has 2 N–H and O–H groups in total. The third-order valence-corrected chi connectivity index (χ3v) is 2.32. The van der Waals surface area contributed by atoms with E-state index in [2.05, 4.69) is 13.2 Å². The van der Waals surface area contributed by atoms with Crippen molar-refractivity contribution in [3.63, 3.8) is 0 Å². The largest absolute Gasteiger partial charge is 0.391 e. The number of hydrogen-bond donors (Lipinski definition) is 2. The summed E-state index contributed by atoms with van der Waals surface area (Å²) >= 11 is 0. The van der Waals surface area contributed by atoms with Gasteiger partial charge >= 0.3 is 0 Å². The Morgan fingerprint density at radius 1 is 1.11 bits per heavy atom. The van der Waals surface area contributed by atoms with Crippen LogP contribution in [0.5, 0.6) is 0 Å². The molecule has 2 atom stereocenters. The highest BCUT2D eigenvalue weighted by atomic mass is 16.7. The molecule has 18 heavy (non-hydrogen) atoms. The molecule has 0 heterocycles. The molecule has 0 aliphatic rings. The fourth-order valence-electron chi connectivity index (χ4n) is 1.32. The summed E-state index contributed by atoms with van der Waals surface area (Å²) in [6.07, 6.45) is 2.42. The fraction of sp³-hybridized carbons (Fsp3) is 0.692. The normalized spacial score (nSPS) is 14.4. The summed E-state index contributed by atoms with van der Waals surface area (Å²) in [7, 11) is 0. The lowest BCUT2D eigenvalue weighted by Gasteiger charge is -2.26. The van der Waals surface area contributed by atoms with E-state index in [1.807, 2.05) is 6.92 Å². The van der Waals surface area contributed by atoms with Gasteiger partial charge in [-0.1, -0.05) is 19.1 Å². The Morgan fingerprint density at radius 3 is 2.06 bits per heavy atom. The first-order valence-corrected chi connectivity index (χ1v) is 6.05. The first-order chi connectivity index (χ1) is 8.69. The van der Waals surface area contributed by atoms with Crippen LogP contribution in [0, 0.1) is 5.92 Å². The van der Waals surface area contributed by atoms with Gasteiger partial charge in [0.25, 0.3) is 0 Å². The second-order valence-electron chi connectivity index (χ2n) is 3.75. The van der Waals surface area contributed by atoms with Crippen molar-refractivity contribution in [2.75, 3.05) is 26.4 Å². The standard InChI is InChI=1S/C13H24O5/c1-4-7-16-13(17-8-5-2)11(6-3)10-18-12(15)9-14/h4-5,11-15H,1-2,6-10H2,3H3. The summed E-state index contributed by atoms with van der Waals surface area (Å²) in [5.74, 6) is -0.0360. The monoisotopic (exact) mass is 260 g/mol. The minimum Gasteiger partial charge on any atom is -0.391 e. The van der Waals surface area contributed by atoms with Crippen LogP contribution in [0.2, 0.25) is 0 Å². The van der Waals surface area contributed by atoms with Crippen LogP contribution in [0.1, 0.15) is 13.3 Å². The zero-order valence-electron chi connectivity index (χ0n) is 11.0. The molecule has 0 saturated carbocycles. The molecular weight excluding hydrogens is 236 g/mol. The zero-order chi connectivity index (χ0) is 13.8. The van der Waals surface area contributed by atoms with Crippen molar-refractivity contribution in [2.24, 2.45) is 5.92 Å². The maximum atomic E-state index is 9.15. The molecule has 0 saturated heterocycles. The maximum Gasteiger partial charge on any atom is 0.177 e. The number of rotatable bonds is 12. The van der Waals surface area contributed by atoms with Crippen LogP contribution in [-0.4, -0.2) is 49.2 Å². The molecule has 0 aliphatic carbocycles. The Labute approximate surface area is 109 Å². The topological polar surface area (TPSA) is 68.2 Å². The molecular formula is C13H24O5. The Morgan fingerprint density at radius 2 is 1.67 bits per heavy atom. The van der Waals surface area contributed by atoms with Gasteiger partial charge in [0, 0.05) is 5.92 Å². The molecule has 0 aromatic rings. The number of hydrogen-bond acceptors (Lipinski definition) is 5. The molecule has 0 aromatic carbocycles. The summed E-state index contributed by atoms with van der Waals surface area (Å²) in [6, 6.07) is 0. The van der Waals surface area contributed by atoms with Crippen molar-refractivity contribution in [1.29, 1.82) is 0 Å². The average Bonchev–Trinajstić information content (AvgIpc) is 2.40. The first-order valence-electron chi connectivity index (χ1n) is 6.05. The van der Waals surface area contributed by atoms with Gasteiger partial charge in [-0.2, -0.15) is 0 Å². The zero-order valence-corrected chi connectivity index (χ0v) is 11.0. The number of aliphatic hydroxyl groups excluding tert-OH is 2.